The van der Waals surface area contributed by atoms with Crippen LogP contribution in [-0.4, -0.2) is 21.5 Å². The highest BCUT2D eigenvalue weighted by atomic mass is 35.5. The first kappa shape index (κ1) is 12.5. The van der Waals surface area contributed by atoms with Crippen molar-refractivity contribution in [2.45, 2.75) is 0 Å². The summed E-state index contributed by atoms with van der Waals surface area (Å²) in [5.74, 6) is -0.631. The van der Waals surface area contributed by atoms with Gasteiger partial charge in [0.2, 0.25) is 11.6 Å². The summed E-state index contributed by atoms with van der Waals surface area (Å²) in [5.41, 5.74) is 1.20. The van der Waals surface area contributed by atoms with E-state index < -0.39 is 0 Å². The number of rotatable bonds is 2. The molecule has 1 aliphatic rings. The molecule has 1 aromatic carbocycles. The van der Waals surface area contributed by atoms with Crippen molar-refractivity contribution in [1.82, 2.24) is 9.97 Å². The van der Waals surface area contributed by atoms with Crippen LogP contribution in [0.15, 0.2) is 48.6 Å². The van der Waals surface area contributed by atoms with Gasteiger partial charge in [-0.15, -0.1) is 0 Å². The third-order valence-electron chi connectivity index (χ3n) is 2.83. The minimum absolute atomic E-state index is 0.131. The number of carbonyl (C=O) groups is 2. The number of benzene rings is 1. The number of aromatic nitrogens is 2. The molecule has 2 aromatic rings. The Labute approximate surface area is 119 Å². The molecule has 1 N–H and O–H groups in total. The van der Waals surface area contributed by atoms with Crippen LogP contribution in [-0.2, 0) is 0 Å². The van der Waals surface area contributed by atoms with Gasteiger partial charge < -0.3 is 5.32 Å². The molecule has 1 aromatic heterocycles. The zero-order valence-electron chi connectivity index (χ0n) is 10.1. The van der Waals surface area contributed by atoms with Crippen molar-refractivity contribution in [1.29, 1.82) is 0 Å². The number of nitrogens with one attached hydrogen (secondary N) is 1. The molecule has 98 valence electrons. The maximum Gasteiger partial charge on any atom is 0.213 e. The van der Waals surface area contributed by atoms with E-state index in [1.54, 1.807) is 24.3 Å². The van der Waals surface area contributed by atoms with Gasteiger partial charge >= 0.3 is 0 Å². The van der Waals surface area contributed by atoms with Crippen LogP contribution in [0.2, 0.25) is 5.02 Å². The normalized spacial score (nSPS) is 13.8. The number of allylic oxidation sites excluding steroid dienone is 2. The Balaban J connectivity index is 1.94. The van der Waals surface area contributed by atoms with Crippen LogP contribution < -0.4 is 5.32 Å². The van der Waals surface area contributed by atoms with Crippen molar-refractivity contribution < 1.29 is 9.59 Å². The molecule has 1 heterocycles. The topological polar surface area (TPSA) is 72.0 Å². The van der Waals surface area contributed by atoms with Crippen molar-refractivity contribution in [2.24, 2.45) is 0 Å². The number of carbonyl (C=O) groups excluding carboxylic acids is 2. The van der Waals surface area contributed by atoms with E-state index in [1.165, 1.54) is 18.6 Å². The molecule has 0 atom stereocenters. The minimum Gasteiger partial charge on any atom is -0.352 e. The minimum atomic E-state index is -0.321. The fourth-order valence-corrected chi connectivity index (χ4v) is 2.01. The lowest BCUT2D eigenvalue weighted by Crippen LogP contribution is -2.22. The monoisotopic (exact) mass is 285 g/mol. The average Bonchev–Trinajstić information content (AvgIpc) is 2.47. The van der Waals surface area contributed by atoms with Gasteiger partial charge in [0.1, 0.15) is 12.0 Å². The van der Waals surface area contributed by atoms with Gasteiger partial charge in [-0.1, -0.05) is 11.6 Å². The number of nitrogens with zero attached hydrogens (tertiary/aromatic N) is 2. The Morgan fingerprint density at radius 2 is 1.85 bits per heavy atom. The number of hydrogen-bond donors (Lipinski definition) is 1. The largest absolute Gasteiger partial charge is 0.352 e. The molecule has 0 saturated heterocycles. The molecule has 0 aliphatic heterocycles. The van der Waals surface area contributed by atoms with Crippen LogP contribution in [0.4, 0.5) is 5.69 Å². The van der Waals surface area contributed by atoms with Crippen LogP contribution in [0.5, 0.6) is 0 Å². The van der Waals surface area contributed by atoms with E-state index >= 15 is 0 Å². The lowest BCUT2D eigenvalue weighted by Gasteiger charge is -2.15. The highest BCUT2D eigenvalue weighted by Crippen LogP contribution is 2.21. The van der Waals surface area contributed by atoms with E-state index in [9.17, 15) is 9.59 Å². The van der Waals surface area contributed by atoms with E-state index in [1.807, 2.05) is 0 Å². The lowest BCUT2D eigenvalue weighted by molar-refractivity contribution is 0.0981. The quantitative estimate of drug-likeness (QED) is 0.918. The standard InChI is InChI=1S/C14H8ClN3O2/c15-8-1-3-9(4-2-8)18-11-5-12(19)13-10(14(11)20)6-16-7-17-13/h1-7,18H. The Morgan fingerprint density at radius 1 is 1.10 bits per heavy atom. The van der Waals surface area contributed by atoms with E-state index in [-0.39, 0.29) is 28.5 Å². The van der Waals surface area contributed by atoms with Crippen molar-refractivity contribution in [3.8, 4) is 0 Å². The molecular formula is C14H8ClN3O2. The summed E-state index contributed by atoms with van der Waals surface area (Å²) in [7, 11) is 0. The summed E-state index contributed by atoms with van der Waals surface area (Å²) >= 11 is 5.79. The number of hydrogen-bond acceptors (Lipinski definition) is 5. The van der Waals surface area contributed by atoms with E-state index in [0.29, 0.717) is 10.7 Å². The Kier molecular flexibility index (Phi) is 3.04. The summed E-state index contributed by atoms with van der Waals surface area (Å²) in [6, 6.07) is 6.82. The van der Waals surface area contributed by atoms with Crippen molar-refractivity contribution in [2.75, 3.05) is 5.32 Å². The van der Waals surface area contributed by atoms with Crippen LogP contribution in [0.1, 0.15) is 20.8 Å². The fraction of sp³-hybridized carbons (Fsp3) is 0. The molecule has 0 spiro atoms. The van der Waals surface area contributed by atoms with Crippen molar-refractivity contribution >= 4 is 28.9 Å². The Bertz CT molecular complexity index is 738. The molecule has 5 nitrogen and oxygen atoms in total. The van der Waals surface area contributed by atoms with Gasteiger partial charge in [0.25, 0.3) is 0 Å². The third-order valence-corrected chi connectivity index (χ3v) is 3.09. The summed E-state index contributed by atoms with van der Waals surface area (Å²) < 4.78 is 0. The maximum atomic E-state index is 12.2. The molecule has 0 fully saturated rings. The van der Waals surface area contributed by atoms with Crippen LogP contribution >= 0.6 is 11.6 Å². The summed E-state index contributed by atoms with van der Waals surface area (Å²) in [4.78, 5) is 31.8. The zero-order chi connectivity index (χ0) is 14.1. The summed E-state index contributed by atoms with van der Waals surface area (Å²) in [6.45, 7) is 0. The first-order valence-corrected chi connectivity index (χ1v) is 6.16. The number of halogens is 1. The van der Waals surface area contributed by atoms with Crippen LogP contribution in [0, 0.1) is 0 Å². The summed E-state index contributed by atoms with van der Waals surface area (Å²) in [5, 5.41) is 3.50. The first-order chi connectivity index (χ1) is 9.65. The van der Waals surface area contributed by atoms with E-state index in [2.05, 4.69) is 15.3 Å². The van der Waals surface area contributed by atoms with Gasteiger partial charge in [-0.2, -0.15) is 0 Å². The van der Waals surface area contributed by atoms with Gasteiger partial charge in [-0.05, 0) is 24.3 Å². The number of Topliss-reactive ketones (excluding diaryl/α,β-unsaturated/α-hetero) is 1. The Morgan fingerprint density at radius 3 is 2.60 bits per heavy atom. The lowest BCUT2D eigenvalue weighted by atomic mass is 9.98. The zero-order valence-corrected chi connectivity index (χ0v) is 10.9. The van der Waals surface area contributed by atoms with Crippen molar-refractivity contribution in [3.63, 3.8) is 0 Å². The second-order valence-corrected chi connectivity index (χ2v) is 4.60. The second kappa shape index (κ2) is 4.86. The maximum absolute atomic E-state index is 12.2. The molecule has 0 amide bonds. The van der Waals surface area contributed by atoms with Crippen LogP contribution in [0.3, 0.4) is 0 Å². The Hall–Kier alpha value is -2.53. The van der Waals surface area contributed by atoms with E-state index in [4.69, 9.17) is 11.6 Å². The molecule has 20 heavy (non-hydrogen) atoms. The smallest absolute Gasteiger partial charge is 0.213 e. The highest BCUT2D eigenvalue weighted by Gasteiger charge is 2.26. The molecule has 0 bridgehead atoms. The molecule has 6 heteroatoms. The highest BCUT2D eigenvalue weighted by molar-refractivity contribution is 6.30. The van der Waals surface area contributed by atoms with Gasteiger partial charge in [-0.25, -0.2) is 9.97 Å². The molecule has 0 saturated carbocycles. The van der Waals surface area contributed by atoms with Gasteiger partial charge in [0.05, 0.1) is 11.3 Å². The van der Waals surface area contributed by atoms with Crippen molar-refractivity contribution in [3.05, 3.63) is 64.8 Å². The molecule has 0 unspecified atom stereocenters. The van der Waals surface area contributed by atoms with E-state index in [0.717, 1.165) is 0 Å². The van der Waals surface area contributed by atoms with Crippen LogP contribution in [0.25, 0.3) is 0 Å². The molecule has 1 aliphatic carbocycles. The van der Waals surface area contributed by atoms with Gasteiger partial charge in [0.15, 0.2) is 0 Å². The average molecular weight is 286 g/mol. The third kappa shape index (κ3) is 2.19. The molecular weight excluding hydrogens is 278 g/mol. The SMILES string of the molecule is O=C1C(Nc2ccc(Cl)cc2)=CC(=O)c2ncncc21. The number of ketones is 2. The molecule has 0 radical (unpaired) electrons. The predicted octanol–water partition coefficient (Wildman–Crippen LogP) is 2.51. The second-order valence-electron chi connectivity index (χ2n) is 4.17. The fourth-order valence-electron chi connectivity index (χ4n) is 1.88. The first-order valence-electron chi connectivity index (χ1n) is 5.78. The number of fused-ring (bicyclic) bond motifs is 1. The van der Waals surface area contributed by atoms with Gasteiger partial charge in [-0.3, -0.25) is 9.59 Å². The van der Waals surface area contributed by atoms with Gasteiger partial charge in [0, 0.05) is 23.0 Å². The molecule has 3 rings (SSSR count). The summed E-state index contributed by atoms with van der Waals surface area (Å²) in [6.07, 6.45) is 3.83. The number of anilines is 1. The predicted molar refractivity (Wildman–Crippen MR) is 73.9 cm³/mol.